The van der Waals surface area contributed by atoms with Crippen molar-refractivity contribution in [1.29, 1.82) is 0 Å². The van der Waals surface area contributed by atoms with Crippen LogP contribution < -0.4 is 10.2 Å². The molecular formula is C11H16N6S. The molecule has 96 valence electrons. The van der Waals surface area contributed by atoms with Crippen molar-refractivity contribution in [2.45, 2.75) is 26.6 Å². The van der Waals surface area contributed by atoms with Gasteiger partial charge in [-0.3, -0.25) is 0 Å². The van der Waals surface area contributed by atoms with Gasteiger partial charge in [0.15, 0.2) is 11.0 Å². The van der Waals surface area contributed by atoms with E-state index in [9.17, 15) is 0 Å². The number of hydrogen-bond acceptors (Lipinski definition) is 6. The van der Waals surface area contributed by atoms with Gasteiger partial charge in [-0.25, -0.2) is 4.98 Å². The summed E-state index contributed by atoms with van der Waals surface area (Å²) < 4.78 is 2.10. The van der Waals surface area contributed by atoms with Gasteiger partial charge >= 0.3 is 0 Å². The van der Waals surface area contributed by atoms with Gasteiger partial charge in [0.25, 0.3) is 0 Å². The fourth-order valence-electron chi connectivity index (χ4n) is 2.00. The number of nitrogens with one attached hydrogen (secondary N) is 1. The molecular weight excluding hydrogens is 248 g/mol. The Bertz CT molecular complexity index is 519. The van der Waals surface area contributed by atoms with Crippen molar-refractivity contribution in [3.63, 3.8) is 0 Å². The van der Waals surface area contributed by atoms with Crippen molar-refractivity contribution < 1.29 is 0 Å². The molecule has 0 aromatic carbocycles. The largest absolute Gasteiger partial charge is 0.339 e. The maximum atomic E-state index is 4.50. The van der Waals surface area contributed by atoms with Crippen molar-refractivity contribution in [3.8, 4) is 0 Å². The molecule has 1 aliphatic rings. The summed E-state index contributed by atoms with van der Waals surface area (Å²) in [5.41, 5.74) is 0. The van der Waals surface area contributed by atoms with E-state index in [1.807, 2.05) is 6.20 Å². The van der Waals surface area contributed by atoms with E-state index in [0.29, 0.717) is 0 Å². The first kappa shape index (κ1) is 11.6. The highest BCUT2D eigenvalue weighted by atomic mass is 32.1. The van der Waals surface area contributed by atoms with Gasteiger partial charge < -0.3 is 14.8 Å². The summed E-state index contributed by atoms with van der Waals surface area (Å²) in [4.78, 5) is 8.04. The average Bonchev–Trinajstić information content (AvgIpc) is 3.04. The van der Waals surface area contributed by atoms with E-state index in [1.165, 1.54) is 4.88 Å². The van der Waals surface area contributed by atoms with Gasteiger partial charge in [-0.05, 0) is 6.54 Å². The van der Waals surface area contributed by atoms with Crippen LogP contribution in [0.4, 0.5) is 5.13 Å². The Balaban J connectivity index is 1.70. The molecule has 0 fully saturated rings. The molecule has 0 unspecified atom stereocenters. The zero-order chi connectivity index (χ0) is 12.4. The second-order valence-corrected chi connectivity index (χ2v) is 5.35. The van der Waals surface area contributed by atoms with Gasteiger partial charge in [-0.15, -0.1) is 21.5 Å². The zero-order valence-corrected chi connectivity index (χ0v) is 11.2. The molecule has 1 N–H and O–H groups in total. The molecule has 3 rings (SSSR count). The van der Waals surface area contributed by atoms with Gasteiger partial charge in [-0.1, -0.05) is 6.92 Å². The van der Waals surface area contributed by atoms with E-state index in [2.05, 4.69) is 36.9 Å². The van der Waals surface area contributed by atoms with E-state index >= 15 is 0 Å². The zero-order valence-electron chi connectivity index (χ0n) is 10.3. The molecule has 0 amide bonds. The Kier molecular flexibility index (Phi) is 3.24. The number of aromatic nitrogens is 4. The quantitative estimate of drug-likeness (QED) is 0.887. The Labute approximate surface area is 110 Å². The Hall–Kier alpha value is -1.47. The summed E-state index contributed by atoms with van der Waals surface area (Å²) in [6, 6.07) is 0. The van der Waals surface area contributed by atoms with Gasteiger partial charge in [0.05, 0.1) is 6.54 Å². The molecule has 2 aromatic heterocycles. The fraction of sp³-hybridized carbons (Fsp3) is 0.545. The maximum Gasteiger partial charge on any atom is 0.186 e. The summed E-state index contributed by atoms with van der Waals surface area (Å²) >= 11 is 1.75. The van der Waals surface area contributed by atoms with Crippen molar-refractivity contribution in [1.82, 2.24) is 25.1 Å². The van der Waals surface area contributed by atoms with E-state index < -0.39 is 0 Å². The number of thiazole rings is 1. The van der Waals surface area contributed by atoms with E-state index in [0.717, 1.165) is 43.7 Å². The van der Waals surface area contributed by atoms with E-state index in [4.69, 9.17) is 0 Å². The Morgan fingerprint density at radius 1 is 1.44 bits per heavy atom. The minimum absolute atomic E-state index is 0.800. The maximum absolute atomic E-state index is 4.50. The molecule has 7 heteroatoms. The van der Waals surface area contributed by atoms with Gasteiger partial charge in [-0.2, -0.15) is 0 Å². The summed E-state index contributed by atoms with van der Waals surface area (Å²) in [6.45, 7) is 6.70. The van der Waals surface area contributed by atoms with Gasteiger partial charge in [0.1, 0.15) is 6.33 Å². The standard InChI is InChI=1S/C11H16N6S/c1-2-12-5-9-6-13-11(18-9)16-3-4-17-8-14-15-10(17)7-16/h6,8,12H,2-5,7H2,1H3. The monoisotopic (exact) mass is 264 g/mol. The highest BCUT2D eigenvalue weighted by Gasteiger charge is 2.19. The van der Waals surface area contributed by atoms with Crippen LogP contribution in [0.3, 0.4) is 0 Å². The van der Waals surface area contributed by atoms with Crippen molar-refractivity contribution in [2.24, 2.45) is 0 Å². The molecule has 0 aliphatic carbocycles. The van der Waals surface area contributed by atoms with E-state index in [-0.39, 0.29) is 0 Å². The first-order valence-corrected chi connectivity index (χ1v) is 6.95. The number of hydrogen-bond donors (Lipinski definition) is 1. The molecule has 6 nitrogen and oxygen atoms in total. The lowest BCUT2D eigenvalue weighted by Gasteiger charge is -2.26. The number of nitrogens with zero attached hydrogens (tertiary/aromatic N) is 5. The van der Waals surface area contributed by atoms with Crippen LogP contribution in [0.1, 0.15) is 17.6 Å². The normalized spacial score (nSPS) is 14.8. The highest BCUT2D eigenvalue weighted by Crippen LogP contribution is 2.25. The van der Waals surface area contributed by atoms with Gasteiger partial charge in [0.2, 0.25) is 0 Å². The molecule has 0 saturated carbocycles. The third-order valence-corrected chi connectivity index (χ3v) is 4.06. The van der Waals surface area contributed by atoms with Crippen LogP contribution in [0.25, 0.3) is 0 Å². The van der Waals surface area contributed by atoms with Gasteiger partial charge in [0, 0.05) is 30.7 Å². The molecule has 1 aliphatic heterocycles. The number of anilines is 1. The van der Waals surface area contributed by atoms with Crippen LogP contribution in [0.5, 0.6) is 0 Å². The summed E-state index contributed by atoms with van der Waals surface area (Å²) in [6.07, 6.45) is 3.76. The first-order chi connectivity index (χ1) is 8.86. The SMILES string of the molecule is CCNCc1cnc(N2CCn3cnnc3C2)s1. The summed E-state index contributed by atoms with van der Waals surface area (Å²) in [7, 11) is 0. The summed E-state index contributed by atoms with van der Waals surface area (Å²) in [5, 5.41) is 12.5. The minimum Gasteiger partial charge on any atom is -0.339 e. The molecule has 3 heterocycles. The highest BCUT2D eigenvalue weighted by molar-refractivity contribution is 7.15. The predicted octanol–water partition coefficient (Wildman–Crippen LogP) is 0.864. The van der Waals surface area contributed by atoms with Crippen LogP contribution in [-0.4, -0.2) is 32.8 Å². The summed E-state index contributed by atoms with van der Waals surface area (Å²) in [5.74, 6) is 1.02. The second-order valence-electron chi connectivity index (χ2n) is 4.25. The molecule has 0 radical (unpaired) electrons. The van der Waals surface area contributed by atoms with E-state index in [1.54, 1.807) is 17.7 Å². The van der Waals surface area contributed by atoms with Crippen LogP contribution in [0.2, 0.25) is 0 Å². The van der Waals surface area contributed by atoms with Crippen molar-refractivity contribution >= 4 is 16.5 Å². The van der Waals surface area contributed by atoms with Crippen LogP contribution in [0.15, 0.2) is 12.5 Å². The lowest BCUT2D eigenvalue weighted by atomic mass is 10.4. The molecule has 0 bridgehead atoms. The topological polar surface area (TPSA) is 58.9 Å². The van der Waals surface area contributed by atoms with Crippen molar-refractivity contribution in [2.75, 3.05) is 18.0 Å². The molecule has 18 heavy (non-hydrogen) atoms. The smallest absolute Gasteiger partial charge is 0.186 e. The minimum atomic E-state index is 0.800. The molecule has 0 spiro atoms. The fourth-order valence-corrected chi connectivity index (χ4v) is 2.91. The lowest BCUT2D eigenvalue weighted by molar-refractivity contribution is 0.559. The first-order valence-electron chi connectivity index (χ1n) is 6.14. The predicted molar refractivity (Wildman–Crippen MR) is 70.6 cm³/mol. The number of rotatable bonds is 4. The molecule has 0 atom stereocenters. The third-order valence-electron chi connectivity index (χ3n) is 3.00. The van der Waals surface area contributed by atoms with Crippen LogP contribution in [-0.2, 0) is 19.6 Å². The van der Waals surface area contributed by atoms with Crippen LogP contribution >= 0.6 is 11.3 Å². The number of fused-ring (bicyclic) bond motifs is 1. The molecule has 0 saturated heterocycles. The van der Waals surface area contributed by atoms with Crippen LogP contribution in [0, 0.1) is 0 Å². The third kappa shape index (κ3) is 2.23. The lowest BCUT2D eigenvalue weighted by Crippen LogP contribution is -2.33. The average molecular weight is 264 g/mol. The molecule has 2 aromatic rings. The Morgan fingerprint density at radius 3 is 3.28 bits per heavy atom. The van der Waals surface area contributed by atoms with Crippen molar-refractivity contribution in [3.05, 3.63) is 23.2 Å². The second kappa shape index (κ2) is 5.03. The Morgan fingerprint density at radius 2 is 2.39 bits per heavy atom.